The molecule has 2 aromatic carbocycles. The average molecular weight is 459 g/mol. The van der Waals surface area contributed by atoms with Crippen molar-refractivity contribution in [1.82, 2.24) is 14.8 Å². The van der Waals surface area contributed by atoms with Crippen molar-refractivity contribution in [1.29, 1.82) is 0 Å². The van der Waals surface area contributed by atoms with Gasteiger partial charge in [0.2, 0.25) is 0 Å². The van der Waals surface area contributed by atoms with E-state index in [1.54, 1.807) is 6.92 Å². The summed E-state index contributed by atoms with van der Waals surface area (Å²) in [7, 11) is 0. The van der Waals surface area contributed by atoms with Gasteiger partial charge >= 0.3 is 5.97 Å². The van der Waals surface area contributed by atoms with Crippen molar-refractivity contribution in [2.75, 3.05) is 18.5 Å². The number of fused-ring (bicyclic) bond motifs is 1. The number of nitrogens with zero attached hydrogens (tertiary/aromatic N) is 3. The predicted octanol–water partition coefficient (Wildman–Crippen LogP) is 4.54. The van der Waals surface area contributed by atoms with Crippen LogP contribution in [0.2, 0.25) is 0 Å². The topological polar surface area (TPSA) is 95.3 Å². The molecule has 0 unspecified atom stereocenters. The number of carbonyl (C=O) groups excluding carboxylic acids is 2. The zero-order chi connectivity index (χ0) is 24.2. The first kappa shape index (κ1) is 23.0. The van der Waals surface area contributed by atoms with Crippen molar-refractivity contribution in [2.45, 2.75) is 27.7 Å². The Morgan fingerprint density at radius 3 is 2.62 bits per heavy atom. The van der Waals surface area contributed by atoms with Gasteiger partial charge in [0.05, 0.1) is 18.3 Å². The van der Waals surface area contributed by atoms with E-state index < -0.39 is 11.9 Å². The molecule has 0 saturated carbocycles. The highest BCUT2D eigenvalue weighted by Crippen LogP contribution is 2.25. The molecule has 0 bridgehead atoms. The van der Waals surface area contributed by atoms with E-state index in [4.69, 9.17) is 9.47 Å². The Labute approximate surface area is 197 Å². The second-order valence-electron chi connectivity index (χ2n) is 7.89. The zero-order valence-corrected chi connectivity index (χ0v) is 19.6. The molecule has 8 heteroatoms. The lowest BCUT2D eigenvalue weighted by Crippen LogP contribution is -2.24. The first-order chi connectivity index (χ1) is 16.4. The van der Waals surface area contributed by atoms with Gasteiger partial charge < -0.3 is 14.8 Å². The highest BCUT2D eigenvalue weighted by atomic mass is 16.5. The second-order valence-corrected chi connectivity index (χ2v) is 7.89. The summed E-state index contributed by atoms with van der Waals surface area (Å²) >= 11 is 0. The quantitative estimate of drug-likeness (QED) is 0.409. The number of hydrogen-bond donors (Lipinski definition) is 1. The van der Waals surface area contributed by atoms with Gasteiger partial charge in [0.1, 0.15) is 11.3 Å². The van der Waals surface area contributed by atoms with E-state index in [0.717, 1.165) is 27.6 Å². The van der Waals surface area contributed by atoms with Crippen molar-refractivity contribution >= 4 is 28.6 Å². The van der Waals surface area contributed by atoms with E-state index in [1.807, 2.05) is 69.3 Å². The van der Waals surface area contributed by atoms with Crippen LogP contribution in [0.5, 0.6) is 5.75 Å². The zero-order valence-electron chi connectivity index (χ0n) is 19.6. The van der Waals surface area contributed by atoms with Crippen molar-refractivity contribution in [2.24, 2.45) is 0 Å². The number of anilines is 1. The van der Waals surface area contributed by atoms with Crippen LogP contribution >= 0.6 is 0 Å². The lowest BCUT2D eigenvalue weighted by atomic mass is 10.1. The van der Waals surface area contributed by atoms with Crippen LogP contribution in [0, 0.1) is 20.8 Å². The molecule has 0 radical (unpaired) electrons. The maximum atomic E-state index is 12.8. The molecule has 2 heterocycles. The smallest absolute Gasteiger partial charge is 0.343 e. The summed E-state index contributed by atoms with van der Waals surface area (Å²) in [4.78, 5) is 30.1. The van der Waals surface area contributed by atoms with Gasteiger partial charge in [-0.1, -0.05) is 30.3 Å². The van der Waals surface area contributed by atoms with Gasteiger partial charge in [0, 0.05) is 5.39 Å². The molecular weight excluding hydrogens is 432 g/mol. The molecule has 1 N–H and O–H groups in total. The molecule has 4 aromatic rings. The number of aryl methyl sites for hydroxylation is 2. The molecule has 0 aliphatic rings. The summed E-state index contributed by atoms with van der Waals surface area (Å²) in [5, 5.41) is 8.11. The summed E-state index contributed by atoms with van der Waals surface area (Å²) in [5.41, 5.74) is 3.93. The SMILES string of the molecule is CCOC(=O)c1cnn(-c2cc(C)c3ccccc3n2)c1NC(=O)COc1cccc(C)c1C. The first-order valence-electron chi connectivity index (χ1n) is 11.0. The van der Waals surface area contributed by atoms with Crippen molar-refractivity contribution in [3.05, 3.63) is 77.0 Å². The Hall–Kier alpha value is -4.20. The number of aromatic nitrogens is 3. The van der Waals surface area contributed by atoms with Gasteiger partial charge in [-0.15, -0.1) is 0 Å². The molecule has 0 aliphatic heterocycles. The van der Waals surface area contributed by atoms with Crippen molar-refractivity contribution in [3.8, 4) is 11.6 Å². The average Bonchev–Trinajstić information content (AvgIpc) is 3.23. The Morgan fingerprint density at radius 1 is 1.03 bits per heavy atom. The maximum Gasteiger partial charge on any atom is 0.343 e. The van der Waals surface area contributed by atoms with Crippen LogP contribution < -0.4 is 10.1 Å². The molecule has 2 aromatic heterocycles. The van der Waals surface area contributed by atoms with Crippen molar-refractivity contribution in [3.63, 3.8) is 0 Å². The molecule has 0 saturated heterocycles. The molecule has 1 amide bonds. The molecule has 34 heavy (non-hydrogen) atoms. The van der Waals surface area contributed by atoms with Gasteiger partial charge in [-0.2, -0.15) is 9.78 Å². The minimum atomic E-state index is -0.586. The molecule has 0 aliphatic carbocycles. The van der Waals surface area contributed by atoms with E-state index in [0.29, 0.717) is 11.6 Å². The first-order valence-corrected chi connectivity index (χ1v) is 11.0. The summed E-state index contributed by atoms with van der Waals surface area (Å²) in [5.74, 6) is 0.247. The van der Waals surface area contributed by atoms with Crippen LogP contribution in [0.1, 0.15) is 34.0 Å². The monoisotopic (exact) mass is 458 g/mol. The van der Waals surface area contributed by atoms with E-state index in [2.05, 4.69) is 15.4 Å². The molecule has 0 fully saturated rings. The number of carbonyl (C=O) groups is 2. The number of rotatable bonds is 7. The fraction of sp³-hybridized carbons (Fsp3) is 0.231. The number of esters is 1. The van der Waals surface area contributed by atoms with Crippen LogP contribution in [-0.4, -0.2) is 39.9 Å². The number of ether oxygens (including phenoxy) is 2. The third-order valence-electron chi connectivity index (χ3n) is 5.56. The van der Waals surface area contributed by atoms with Gasteiger partial charge in [-0.05, 0) is 62.6 Å². The van der Waals surface area contributed by atoms with E-state index in [-0.39, 0.29) is 24.6 Å². The third kappa shape index (κ3) is 4.61. The number of hydrogen-bond acceptors (Lipinski definition) is 6. The van der Waals surface area contributed by atoms with Gasteiger partial charge in [0.25, 0.3) is 5.91 Å². The summed E-state index contributed by atoms with van der Waals surface area (Å²) in [6.07, 6.45) is 1.37. The molecular formula is C26H26N4O4. The minimum absolute atomic E-state index is 0.134. The summed E-state index contributed by atoms with van der Waals surface area (Å²) in [6.45, 7) is 7.56. The number of benzene rings is 2. The highest BCUT2D eigenvalue weighted by molar-refractivity contribution is 6.01. The standard InChI is InChI=1S/C26H26N4O4/c1-5-33-26(32)20-14-27-30(23-13-17(3)19-10-6-7-11-21(19)28-23)25(20)29-24(31)15-34-22-12-8-9-16(2)18(22)4/h6-14H,5,15H2,1-4H3,(H,29,31). The normalized spacial score (nSPS) is 10.8. The molecule has 174 valence electrons. The highest BCUT2D eigenvalue weighted by Gasteiger charge is 2.23. The number of para-hydroxylation sites is 1. The predicted molar refractivity (Wildman–Crippen MR) is 130 cm³/mol. The summed E-state index contributed by atoms with van der Waals surface area (Å²) in [6, 6.07) is 15.3. The minimum Gasteiger partial charge on any atom is -0.483 e. The number of nitrogens with one attached hydrogen (secondary N) is 1. The van der Waals surface area contributed by atoms with E-state index in [9.17, 15) is 9.59 Å². The fourth-order valence-electron chi connectivity index (χ4n) is 3.63. The van der Waals surface area contributed by atoms with Crippen LogP contribution in [0.15, 0.2) is 54.7 Å². The van der Waals surface area contributed by atoms with Crippen LogP contribution in [-0.2, 0) is 9.53 Å². The fourth-order valence-corrected chi connectivity index (χ4v) is 3.63. The van der Waals surface area contributed by atoms with Crippen LogP contribution in [0.3, 0.4) is 0 Å². The Morgan fingerprint density at radius 2 is 1.82 bits per heavy atom. The lowest BCUT2D eigenvalue weighted by Gasteiger charge is -2.13. The van der Waals surface area contributed by atoms with Gasteiger partial charge in [-0.25, -0.2) is 9.78 Å². The third-order valence-corrected chi connectivity index (χ3v) is 5.56. The Balaban J connectivity index is 1.66. The Kier molecular flexibility index (Phi) is 6.58. The molecule has 4 rings (SSSR count). The van der Waals surface area contributed by atoms with Crippen LogP contribution in [0.4, 0.5) is 5.82 Å². The van der Waals surface area contributed by atoms with Gasteiger partial charge in [0.15, 0.2) is 18.2 Å². The summed E-state index contributed by atoms with van der Waals surface area (Å²) < 4.78 is 12.3. The number of amides is 1. The van der Waals surface area contributed by atoms with Gasteiger partial charge in [-0.3, -0.25) is 4.79 Å². The molecule has 8 nitrogen and oxygen atoms in total. The van der Waals surface area contributed by atoms with Crippen molar-refractivity contribution < 1.29 is 19.1 Å². The Bertz CT molecular complexity index is 1380. The maximum absolute atomic E-state index is 12.8. The molecule has 0 atom stereocenters. The largest absolute Gasteiger partial charge is 0.483 e. The van der Waals surface area contributed by atoms with E-state index >= 15 is 0 Å². The second kappa shape index (κ2) is 9.74. The van der Waals surface area contributed by atoms with E-state index in [1.165, 1.54) is 10.9 Å². The molecule has 0 spiro atoms. The number of pyridine rings is 1. The lowest BCUT2D eigenvalue weighted by molar-refractivity contribution is -0.118. The van der Waals surface area contributed by atoms with Crippen LogP contribution in [0.25, 0.3) is 16.7 Å².